The molecule has 0 fully saturated rings. The van der Waals surface area contributed by atoms with Crippen LogP contribution in [0.25, 0.3) is 0 Å². The van der Waals surface area contributed by atoms with Gasteiger partial charge in [-0.25, -0.2) is 4.39 Å². The Morgan fingerprint density at radius 1 is 1.70 bits per heavy atom. The number of rotatable bonds is 3. The molecule has 0 heterocycles. The Kier molecular flexibility index (Phi) is 4.50. The Morgan fingerprint density at radius 3 is 2.60 bits per heavy atom. The normalized spacial score (nSPS) is 13.5. The number of allylic oxidation sites excluding steroid dienone is 3. The van der Waals surface area contributed by atoms with Crippen LogP contribution in [0.2, 0.25) is 0 Å². The van der Waals surface area contributed by atoms with E-state index in [0.29, 0.717) is 5.57 Å². The predicted molar refractivity (Wildman–Crippen MR) is 42.2 cm³/mol. The van der Waals surface area contributed by atoms with Gasteiger partial charge in [0.25, 0.3) is 0 Å². The molecule has 0 aromatic heterocycles. The van der Waals surface area contributed by atoms with Crippen LogP contribution in [0, 0.1) is 0 Å². The SMILES string of the molecule is C=C/C(CN)=C(F)\C=C/C. The molecule has 0 aromatic carbocycles. The summed E-state index contributed by atoms with van der Waals surface area (Å²) in [7, 11) is 0. The topological polar surface area (TPSA) is 26.0 Å². The van der Waals surface area contributed by atoms with E-state index in [1.165, 1.54) is 12.2 Å². The Labute approximate surface area is 60.7 Å². The lowest BCUT2D eigenvalue weighted by Gasteiger charge is -1.95. The molecule has 0 radical (unpaired) electrons. The molecule has 10 heavy (non-hydrogen) atoms. The van der Waals surface area contributed by atoms with Gasteiger partial charge in [0.05, 0.1) is 0 Å². The van der Waals surface area contributed by atoms with Gasteiger partial charge in [0.15, 0.2) is 0 Å². The van der Waals surface area contributed by atoms with Crippen LogP contribution in [0.4, 0.5) is 4.39 Å². The van der Waals surface area contributed by atoms with Gasteiger partial charge in [0.1, 0.15) is 5.83 Å². The van der Waals surface area contributed by atoms with E-state index in [9.17, 15) is 4.39 Å². The molecule has 0 atom stereocenters. The molecule has 2 heteroatoms. The van der Waals surface area contributed by atoms with E-state index < -0.39 is 0 Å². The van der Waals surface area contributed by atoms with Crippen molar-refractivity contribution >= 4 is 0 Å². The Bertz CT molecular complexity index is 168. The molecule has 0 spiro atoms. The van der Waals surface area contributed by atoms with Crippen molar-refractivity contribution in [1.29, 1.82) is 0 Å². The predicted octanol–water partition coefficient (Wildman–Crippen LogP) is 1.93. The van der Waals surface area contributed by atoms with Gasteiger partial charge >= 0.3 is 0 Å². The van der Waals surface area contributed by atoms with Crippen LogP contribution in [-0.4, -0.2) is 6.54 Å². The van der Waals surface area contributed by atoms with Crippen molar-refractivity contribution in [2.45, 2.75) is 6.92 Å². The molecule has 0 bridgehead atoms. The van der Waals surface area contributed by atoms with Gasteiger partial charge < -0.3 is 5.73 Å². The number of hydrogen-bond acceptors (Lipinski definition) is 1. The van der Waals surface area contributed by atoms with Crippen molar-refractivity contribution in [2.24, 2.45) is 5.73 Å². The molecule has 2 N–H and O–H groups in total. The first kappa shape index (κ1) is 9.11. The summed E-state index contributed by atoms with van der Waals surface area (Å²) in [5.41, 5.74) is 5.65. The highest BCUT2D eigenvalue weighted by Gasteiger charge is 1.94. The molecule has 0 aliphatic carbocycles. The lowest BCUT2D eigenvalue weighted by molar-refractivity contribution is 0.655. The minimum atomic E-state index is -0.306. The summed E-state index contributed by atoms with van der Waals surface area (Å²) in [5, 5.41) is 0. The quantitative estimate of drug-likeness (QED) is 0.597. The molecule has 0 unspecified atom stereocenters. The highest BCUT2D eigenvalue weighted by Crippen LogP contribution is 2.06. The van der Waals surface area contributed by atoms with Crippen LogP contribution in [0.3, 0.4) is 0 Å². The summed E-state index contributed by atoms with van der Waals surface area (Å²) in [6.07, 6.45) is 4.41. The van der Waals surface area contributed by atoms with Crippen LogP contribution < -0.4 is 5.73 Å². The van der Waals surface area contributed by atoms with E-state index in [4.69, 9.17) is 5.73 Å². The fourth-order valence-electron chi connectivity index (χ4n) is 0.532. The highest BCUT2D eigenvalue weighted by molar-refractivity contribution is 5.28. The van der Waals surface area contributed by atoms with Crippen molar-refractivity contribution in [3.8, 4) is 0 Å². The van der Waals surface area contributed by atoms with Crippen molar-refractivity contribution in [3.63, 3.8) is 0 Å². The first-order chi connectivity index (χ1) is 4.76. The molecule has 0 rings (SSSR count). The molecule has 56 valence electrons. The molecule has 0 aliphatic rings. The Hall–Kier alpha value is -0.890. The molecule has 0 saturated carbocycles. The summed E-state index contributed by atoms with van der Waals surface area (Å²) < 4.78 is 12.7. The second-order valence-corrected chi connectivity index (χ2v) is 1.78. The van der Waals surface area contributed by atoms with Crippen LogP contribution in [-0.2, 0) is 0 Å². The first-order valence-electron chi connectivity index (χ1n) is 3.10. The van der Waals surface area contributed by atoms with E-state index in [1.807, 2.05) is 0 Å². The third-order valence-corrected chi connectivity index (χ3v) is 1.09. The number of halogens is 1. The Morgan fingerprint density at radius 2 is 2.30 bits per heavy atom. The zero-order valence-corrected chi connectivity index (χ0v) is 6.10. The van der Waals surface area contributed by atoms with Gasteiger partial charge in [-0.15, -0.1) is 0 Å². The van der Waals surface area contributed by atoms with Crippen molar-refractivity contribution in [1.82, 2.24) is 0 Å². The van der Waals surface area contributed by atoms with E-state index in [1.54, 1.807) is 13.0 Å². The maximum Gasteiger partial charge on any atom is 0.127 e. The van der Waals surface area contributed by atoms with Gasteiger partial charge in [0.2, 0.25) is 0 Å². The van der Waals surface area contributed by atoms with E-state index in [2.05, 4.69) is 6.58 Å². The average molecular weight is 141 g/mol. The second-order valence-electron chi connectivity index (χ2n) is 1.78. The molecule has 0 saturated heterocycles. The maximum atomic E-state index is 12.7. The lowest BCUT2D eigenvalue weighted by atomic mass is 10.2. The molecular formula is C8H12FN. The molecule has 0 aromatic rings. The van der Waals surface area contributed by atoms with Gasteiger partial charge in [-0.2, -0.15) is 0 Å². The maximum absolute atomic E-state index is 12.7. The molecule has 0 amide bonds. The standard InChI is InChI=1S/C8H12FN/c1-3-5-8(9)7(4-2)6-10/h3-5H,2,6,10H2,1H3/b5-3-,8-7-. The second kappa shape index (κ2) is 4.94. The fraction of sp³-hybridized carbons (Fsp3) is 0.250. The first-order valence-corrected chi connectivity index (χ1v) is 3.10. The van der Waals surface area contributed by atoms with E-state index in [-0.39, 0.29) is 12.4 Å². The summed E-state index contributed by atoms with van der Waals surface area (Å²) in [6, 6.07) is 0. The van der Waals surface area contributed by atoms with E-state index in [0.717, 1.165) is 0 Å². The summed E-state index contributed by atoms with van der Waals surface area (Å²) in [5.74, 6) is -0.306. The third-order valence-electron chi connectivity index (χ3n) is 1.09. The summed E-state index contributed by atoms with van der Waals surface area (Å²) >= 11 is 0. The van der Waals surface area contributed by atoms with Gasteiger partial charge in [0, 0.05) is 12.1 Å². The van der Waals surface area contributed by atoms with E-state index >= 15 is 0 Å². The zero-order valence-electron chi connectivity index (χ0n) is 6.10. The molecule has 0 aliphatic heterocycles. The van der Waals surface area contributed by atoms with Gasteiger partial charge in [-0.1, -0.05) is 18.7 Å². The number of hydrogen-bond donors (Lipinski definition) is 1. The van der Waals surface area contributed by atoms with Crippen molar-refractivity contribution < 1.29 is 4.39 Å². The average Bonchev–Trinajstić information content (AvgIpc) is 1.91. The van der Waals surface area contributed by atoms with Gasteiger partial charge in [-0.05, 0) is 13.0 Å². The van der Waals surface area contributed by atoms with Crippen molar-refractivity contribution in [3.05, 3.63) is 36.2 Å². The Balaban J connectivity index is 4.42. The highest BCUT2D eigenvalue weighted by atomic mass is 19.1. The third kappa shape index (κ3) is 2.60. The largest absolute Gasteiger partial charge is 0.326 e. The molecular weight excluding hydrogens is 129 g/mol. The van der Waals surface area contributed by atoms with Crippen molar-refractivity contribution in [2.75, 3.05) is 6.54 Å². The van der Waals surface area contributed by atoms with Crippen LogP contribution in [0.5, 0.6) is 0 Å². The summed E-state index contributed by atoms with van der Waals surface area (Å²) in [4.78, 5) is 0. The fourth-order valence-corrected chi connectivity index (χ4v) is 0.532. The van der Waals surface area contributed by atoms with Crippen LogP contribution in [0.15, 0.2) is 36.2 Å². The van der Waals surface area contributed by atoms with Gasteiger partial charge in [-0.3, -0.25) is 0 Å². The number of nitrogens with two attached hydrogens (primary N) is 1. The minimum Gasteiger partial charge on any atom is -0.326 e. The smallest absolute Gasteiger partial charge is 0.127 e. The summed E-state index contributed by atoms with van der Waals surface area (Å²) in [6.45, 7) is 5.36. The van der Waals surface area contributed by atoms with Crippen LogP contribution >= 0.6 is 0 Å². The monoisotopic (exact) mass is 141 g/mol. The zero-order chi connectivity index (χ0) is 7.98. The molecule has 1 nitrogen and oxygen atoms in total. The minimum absolute atomic E-state index is 0.194. The van der Waals surface area contributed by atoms with Crippen LogP contribution in [0.1, 0.15) is 6.92 Å². The lowest BCUT2D eigenvalue weighted by Crippen LogP contribution is -2.01.